The molecule has 31 heavy (non-hydrogen) atoms. The molecule has 0 bridgehead atoms. The fourth-order valence-electron chi connectivity index (χ4n) is 3.37. The largest absolute Gasteiger partial charge is 0.349 e. The number of fused-ring (bicyclic) bond motifs is 2. The molecule has 0 radical (unpaired) electrons. The maximum Gasteiger partial charge on any atom is 0.256 e. The highest BCUT2D eigenvalue weighted by Gasteiger charge is 2.21. The van der Waals surface area contributed by atoms with Gasteiger partial charge in [-0.25, -0.2) is 0 Å². The van der Waals surface area contributed by atoms with Crippen LogP contribution in [0.25, 0.3) is 0 Å². The zero-order chi connectivity index (χ0) is 22.2. The third-order valence-electron chi connectivity index (χ3n) is 4.99. The number of carbonyl (C=O) groups excluding carboxylic acids is 2. The van der Waals surface area contributed by atoms with Gasteiger partial charge in [0.15, 0.2) is 0 Å². The molecule has 3 aromatic rings. The Balaban J connectivity index is 0.00000132. The third-order valence-corrected chi connectivity index (χ3v) is 6.15. The molecule has 1 aliphatic rings. The molecule has 0 saturated heterocycles. The van der Waals surface area contributed by atoms with Crippen LogP contribution in [0.15, 0.2) is 82.6 Å². The zero-order valence-electron chi connectivity index (χ0n) is 18.1. The van der Waals surface area contributed by atoms with E-state index in [1.165, 1.54) is 17.3 Å². The molecule has 4 rings (SSSR count). The van der Waals surface area contributed by atoms with Gasteiger partial charge < -0.3 is 10.6 Å². The monoisotopic (exact) mass is 432 g/mol. The Morgan fingerprint density at radius 3 is 2.42 bits per heavy atom. The van der Waals surface area contributed by atoms with Gasteiger partial charge in [-0.2, -0.15) is 0 Å². The van der Waals surface area contributed by atoms with Gasteiger partial charge in [0, 0.05) is 21.4 Å². The summed E-state index contributed by atoms with van der Waals surface area (Å²) in [6.45, 7) is 6.07. The van der Waals surface area contributed by atoms with Crippen molar-refractivity contribution in [2.75, 3.05) is 5.32 Å². The Morgan fingerprint density at radius 2 is 1.68 bits per heavy atom. The molecule has 0 spiro atoms. The minimum atomic E-state index is -0.153. The maximum absolute atomic E-state index is 12.8. The van der Waals surface area contributed by atoms with Gasteiger partial charge in [-0.1, -0.05) is 75.0 Å². The van der Waals surface area contributed by atoms with Crippen LogP contribution in [0.2, 0.25) is 0 Å². The smallest absolute Gasteiger partial charge is 0.256 e. The molecule has 3 aromatic carbocycles. The van der Waals surface area contributed by atoms with E-state index in [0.717, 1.165) is 22.6 Å². The van der Waals surface area contributed by atoms with Crippen molar-refractivity contribution < 1.29 is 9.59 Å². The molecule has 0 aliphatic carbocycles. The molecule has 4 nitrogen and oxygen atoms in total. The van der Waals surface area contributed by atoms with Crippen LogP contribution in [0.5, 0.6) is 0 Å². The van der Waals surface area contributed by atoms with Gasteiger partial charge >= 0.3 is 0 Å². The average Bonchev–Trinajstić information content (AvgIpc) is 2.95. The van der Waals surface area contributed by atoms with Gasteiger partial charge in [0.2, 0.25) is 0 Å². The quantitative estimate of drug-likeness (QED) is 0.506. The standard InChI is InChI=1S/C24H22N2O2S.C2H6/c1-2-18(14-16-8-4-3-5-9-16)25-23(27)17-12-13-22-20(15-17)26-24(28)19-10-6-7-11-21(19)29-22;1-2/h3-13,15,18H,2,14H2,1H3,(H,25,27)(H,26,28);1-2H3. The first-order valence-corrected chi connectivity index (χ1v) is 11.5. The molecule has 160 valence electrons. The van der Waals surface area contributed by atoms with Crippen LogP contribution in [-0.2, 0) is 6.42 Å². The summed E-state index contributed by atoms with van der Waals surface area (Å²) in [5.41, 5.74) is 3.05. The summed E-state index contributed by atoms with van der Waals surface area (Å²) in [5, 5.41) is 6.07. The molecular weight excluding hydrogens is 404 g/mol. The van der Waals surface area contributed by atoms with E-state index in [2.05, 4.69) is 29.7 Å². The Labute approximate surface area is 188 Å². The van der Waals surface area contributed by atoms with Gasteiger partial charge in [-0.3, -0.25) is 9.59 Å². The predicted molar refractivity (Wildman–Crippen MR) is 128 cm³/mol. The van der Waals surface area contributed by atoms with E-state index in [0.29, 0.717) is 16.8 Å². The summed E-state index contributed by atoms with van der Waals surface area (Å²) >= 11 is 1.53. The van der Waals surface area contributed by atoms with Gasteiger partial charge in [0.05, 0.1) is 11.3 Å². The summed E-state index contributed by atoms with van der Waals surface area (Å²) < 4.78 is 0. The van der Waals surface area contributed by atoms with E-state index in [1.807, 2.05) is 68.4 Å². The Bertz CT molecular complexity index is 1050. The van der Waals surface area contributed by atoms with E-state index < -0.39 is 0 Å². The van der Waals surface area contributed by atoms with Crippen molar-refractivity contribution in [1.29, 1.82) is 0 Å². The number of benzene rings is 3. The highest BCUT2D eigenvalue weighted by Crippen LogP contribution is 2.39. The minimum Gasteiger partial charge on any atom is -0.349 e. The molecule has 2 amide bonds. The number of amides is 2. The molecule has 0 aromatic heterocycles. The first kappa shape index (κ1) is 22.6. The average molecular weight is 433 g/mol. The van der Waals surface area contributed by atoms with Crippen molar-refractivity contribution in [1.82, 2.24) is 5.32 Å². The van der Waals surface area contributed by atoms with Crippen LogP contribution in [0.3, 0.4) is 0 Å². The lowest BCUT2D eigenvalue weighted by molar-refractivity contribution is 0.0934. The zero-order valence-corrected chi connectivity index (χ0v) is 19.0. The van der Waals surface area contributed by atoms with Crippen molar-refractivity contribution in [2.45, 2.75) is 49.4 Å². The number of hydrogen-bond donors (Lipinski definition) is 2. The van der Waals surface area contributed by atoms with Crippen LogP contribution in [0, 0.1) is 0 Å². The minimum absolute atomic E-state index is 0.0527. The molecule has 1 unspecified atom stereocenters. The Hall–Kier alpha value is -3.05. The highest BCUT2D eigenvalue weighted by atomic mass is 32.2. The molecule has 5 heteroatoms. The van der Waals surface area contributed by atoms with Crippen LogP contribution < -0.4 is 10.6 Å². The van der Waals surface area contributed by atoms with Crippen molar-refractivity contribution in [2.24, 2.45) is 0 Å². The summed E-state index contributed by atoms with van der Waals surface area (Å²) in [4.78, 5) is 27.2. The molecule has 0 saturated carbocycles. The summed E-state index contributed by atoms with van der Waals surface area (Å²) in [6, 6.07) is 23.2. The van der Waals surface area contributed by atoms with Crippen molar-refractivity contribution in [3.63, 3.8) is 0 Å². The lowest BCUT2D eigenvalue weighted by Gasteiger charge is -2.18. The molecule has 1 atom stereocenters. The van der Waals surface area contributed by atoms with E-state index >= 15 is 0 Å². The highest BCUT2D eigenvalue weighted by molar-refractivity contribution is 7.99. The molecule has 1 heterocycles. The fraction of sp³-hybridized carbons (Fsp3) is 0.231. The van der Waals surface area contributed by atoms with Gasteiger partial charge in [-0.05, 0) is 48.7 Å². The Kier molecular flexibility index (Phi) is 7.90. The lowest BCUT2D eigenvalue weighted by Crippen LogP contribution is -2.36. The van der Waals surface area contributed by atoms with Crippen molar-refractivity contribution in [3.8, 4) is 0 Å². The van der Waals surface area contributed by atoms with E-state index in [9.17, 15) is 9.59 Å². The normalized spacial score (nSPS) is 12.8. The van der Waals surface area contributed by atoms with Gasteiger partial charge in [-0.15, -0.1) is 0 Å². The van der Waals surface area contributed by atoms with Crippen LogP contribution in [-0.4, -0.2) is 17.9 Å². The first-order chi connectivity index (χ1) is 15.1. The number of hydrogen-bond acceptors (Lipinski definition) is 3. The number of anilines is 1. The number of rotatable bonds is 5. The molecule has 1 aliphatic heterocycles. The predicted octanol–water partition coefficient (Wildman–Crippen LogP) is 6.18. The second-order valence-corrected chi connectivity index (χ2v) is 8.12. The molecule has 0 fully saturated rings. The van der Waals surface area contributed by atoms with E-state index in [1.54, 1.807) is 6.07 Å². The second kappa shape index (κ2) is 10.8. The first-order valence-electron chi connectivity index (χ1n) is 10.7. The number of nitrogens with one attached hydrogen (secondary N) is 2. The summed E-state index contributed by atoms with van der Waals surface area (Å²) in [7, 11) is 0. The Morgan fingerprint density at radius 1 is 0.968 bits per heavy atom. The lowest BCUT2D eigenvalue weighted by atomic mass is 10.0. The topological polar surface area (TPSA) is 58.2 Å². The summed E-state index contributed by atoms with van der Waals surface area (Å²) in [5.74, 6) is -0.281. The van der Waals surface area contributed by atoms with E-state index in [4.69, 9.17) is 0 Å². The van der Waals surface area contributed by atoms with Gasteiger partial charge in [0.25, 0.3) is 11.8 Å². The third kappa shape index (κ3) is 5.56. The van der Waals surface area contributed by atoms with Gasteiger partial charge in [0.1, 0.15) is 0 Å². The van der Waals surface area contributed by atoms with E-state index in [-0.39, 0.29) is 17.9 Å². The fourth-order valence-corrected chi connectivity index (χ4v) is 4.38. The van der Waals surface area contributed by atoms with Crippen molar-refractivity contribution >= 4 is 29.3 Å². The SMILES string of the molecule is CC.CCC(Cc1ccccc1)NC(=O)c1ccc2c(c1)NC(=O)c1ccccc1S2. The van der Waals surface area contributed by atoms with Crippen LogP contribution in [0.1, 0.15) is 53.5 Å². The second-order valence-electron chi connectivity index (χ2n) is 7.03. The van der Waals surface area contributed by atoms with Crippen LogP contribution >= 0.6 is 11.8 Å². The van der Waals surface area contributed by atoms with Crippen LogP contribution in [0.4, 0.5) is 5.69 Å². The summed E-state index contributed by atoms with van der Waals surface area (Å²) in [6.07, 6.45) is 1.63. The number of carbonyl (C=O) groups is 2. The van der Waals surface area contributed by atoms with Crippen molar-refractivity contribution in [3.05, 3.63) is 89.5 Å². The molecule has 2 N–H and O–H groups in total. The molecular formula is C26H28N2O2S. The maximum atomic E-state index is 12.8.